The first-order valence-corrected chi connectivity index (χ1v) is 6.02. The first-order chi connectivity index (χ1) is 4.86. The van der Waals surface area contributed by atoms with Crippen molar-refractivity contribution in [2.24, 2.45) is 0 Å². The quantitative estimate of drug-likeness (QED) is 0.597. The van der Waals surface area contributed by atoms with Crippen LogP contribution in [0.3, 0.4) is 0 Å². The molecule has 10 heavy (non-hydrogen) atoms. The summed E-state index contributed by atoms with van der Waals surface area (Å²) in [5.41, 5.74) is 0.962. The summed E-state index contributed by atoms with van der Waals surface area (Å²) in [6.45, 7) is 0. The molecule has 0 saturated carbocycles. The van der Waals surface area contributed by atoms with Gasteiger partial charge in [-0.1, -0.05) is 0 Å². The van der Waals surface area contributed by atoms with Gasteiger partial charge in [0.05, 0.1) is 0 Å². The van der Waals surface area contributed by atoms with Crippen molar-refractivity contribution in [2.75, 3.05) is 0 Å². The molecule has 2 heterocycles. The molecule has 0 fully saturated rings. The van der Waals surface area contributed by atoms with Crippen molar-refractivity contribution in [3.8, 4) is 0 Å². The standard InChI is InChI=1S/C7H4NO.Sn.3H/c1-3-8-5-6-2-4-9-7(1)6;;;;/h1-3,5H;;;;. The second kappa shape index (κ2) is 2.27. The molecular weight excluding hydrogens is 233 g/mol. The van der Waals surface area contributed by atoms with E-state index in [2.05, 4.69) is 11.1 Å². The molecule has 0 atom stereocenters. The van der Waals surface area contributed by atoms with Gasteiger partial charge in [-0.2, -0.15) is 0 Å². The molecule has 0 spiro atoms. The number of fused-ring (bicyclic) bond motifs is 1. The van der Waals surface area contributed by atoms with Gasteiger partial charge in [0.1, 0.15) is 0 Å². The van der Waals surface area contributed by atoms with Gasteiger partial charge in [0, 0.05) is 0 Å². The van der Waals surface area contributed by atoms with E-state index in [9.17, 15) is 0 Å². The number of pyridine rings is 1. The first-order valence-electron chi connectivity index (χ1n) is 3.16. The average molecular weight is 240 g/mol. The molecule has 0 bridgehead atoms. The Hall–Kier alpha value is -0.511. The zero-order chi connectivity index (χ0) is 6.97. The number of aromatic nitrogens is 1. The predicted molar refractivity (Wildman–Crippen MR) is 43.6 cm³/mol. The summed E-state index contributed by atoms with van der Waals surface area (Å²) in [5.74, 6) is 0. The third-order valence-corrected chi connectivity index (χ3v) is 2.85. The van der Waals surface area contributed by atoms with E-state index in [0.29, 0.717) is 22.5 Å². The molecule has 3 heteroatoms. The molecule has 50 valence electrons. The number of rotatable bonds is 0. The van der Waals surface area contributed by atoms with Crippen LogP contribution in [0.2, 0.25) is 0 Å². The Balaban J connectivity index is 2.88. The summed E-state index contributed by atoms with van der Waals surface area (Å²) in [5, 5.41) is 1.12. The van der Waals surface area contributed by atoms with Gasteiger partial charge in [0.25, 0.3) is 0 Å². The Morgan fingerprint density at radius 3 is 3.20 bits per heavy atom. The van der Waals surface area contributed by atoms with Crippen molar-refractivity contribution in [3.05, 3.63) is 24.5 Å². The van der Waals surface area contributed by atoms with Crippen LogP contribution in [-0.2, 0) is 0 Å². The summed E-state index contributed by atoms with van der Waals surface area (Å²) in [6.07, 6.45) is 3.58. The summed E-state index contributed by atoms with van der Waals surface area (Å²) in [4.78, 5) is 3.99. The number of hydrogen-bond acceptors (Lipinski definition) is 2. The number of furan rings is 1. The Bertz CT molecular complexity index is 322. The second-order valence-electron chi connectivity index (χ2n) is 2.27. The molecule has 0 aromatic carbocycles. The maximum atomic E-state index is 5.42. The fourth-order valence-electron chi connectivity index (χ4n) is 1.02. The Kier molecular flexibility index (Phi) is 1.41. The molecule has 2 aromatic heterocycles. The van der Waals surface area contributed by atoms with E-state index in [1.807, 2.05) is 12.3 Å². The van der Waals surface area contributed by atoms with Crippen molar-refractivity contribution in [2.45, 2.75) is 0 Å². The summed E-state index contributed by atoms with van der Waals surface area (Å²) in [6, 6.07) is 3.96. The zero-order valence-corrected chi connectivity index (χ0v) is 11.4. The van der Waals surface area contributed by atoms with Crippen molar-refractivity contribution in [1.29, 1.82) is 0 Å². The average Bonchev–Trinajstić information content (AvgIpc) is 2.27. The molecular formula is C7H7NOSn. The third-order valence-electron chi connectivity index (χ3n) is 1.44. The molecule has 2 nitrogen and oxygen atoms in total. The third kappa shape index (κ3) is 0.922. The first kappa shape index (κ1) is 6.22. The predicted octanol–water partition coefficient (Wildman–Crippen LogP) is -0.181. The van der Waals surface area contributed by atoms with Crippen molar-refractivity contribution < 1.29 is 4.42 Å². The van der Waals surface area contributed by atoms with Gasteiger partial charge in [-0.3, -0.25) is 0 Å². The maximum absolute atomic E-state index is 5.42. The zero-order valence-electron chi connectivity index (χ0n) is 5.66. The molecule has 0 aliphatic carbocycles. The van der Waals surface area contributed by atoms with E-state index in [1.54, 1.807) is 6.20 Å². The minimum absolute atomic E-state index is 0.475. The van der Waals surface area contributed by atoms with Gasteiger partial charge in [0.2, 0.25) is 0 Å². The van der Waals surface area contributed by atoms with Crippen LogP contribution >= 0.6 is 0 Å². The second-order valence-corrected chi connectivity index (χ2v) is 5.08. The van der Waals surface area contributed by atoms with E-state index < -0.39 is 0 Å². The van der Waals surface area contributed by atoms with E-state index in [0.717, 1.165) is 14.7 Å². The van der Waals surface area contributed by atoms with Crippen LogP contribution in [0.1, 0.15) is 0 Å². The molecule has 0 amide bonds. The topological polar surface area (TPSA) is 26.0 Å². The normalized spacial score (nSPS) is 10.8. The van der Waals surface area contributed by atoms with Crippen LogP contribution in [0, 0.1) is 0 Å². The molecule has 0 unspecified atom stereocenters. The Morgan fingerprint density at radius 1 is 1.50 bits per heavy atom. The Labute approximate surface area is 71.3 Å². The fraction of sp³-hybridized carbons (Fsp3) is 0. The van der Waals surface area contributed by atoms with E-state index >= 15 is 0 Å². The van der Waals surface area contributed by atoms with E-state index in [4.69, 9.17) is 4.42 Å². The van der Waals surface area contributed by atoms with Crippen LogP contribution < -0.4 is 3.78 Å². The van der Waals surface area contributed by atoms with Gasteiger partial charge in [-0.05, 0) is 0 Å². The van der Waals surface area contributed by atoms with Crippen LogP contribution in [0.4, 0.5) is 0 Å². The van der Waals surface area contributed by atoms with Crippen LogP contribution in [-0.4, -0.2) is 27.5 Å². The molecule has 0 aliphatic heterocycles. The number of hydrogen-bond donors (Lipinski definition) is 0. The monoisotopic (exact) mass is 241 g/mol. The molecule has 2 rings (SSSR count). The summed E-state index contributed by atoms with van der Waals surface area (Å²) in [7, 11) is 0. The van der Waals surface area contributed by atoms with Gasteiger partial charge in [-0.15, -0.1) is 0 Å². The molecule has 0 aliphatic rings. The molecule has 2 aromatic rings. The molecule has 0 saturated heterocycles. The number of nitrogens with zero attached hydrogens (tertiary/aromatic N) is 1. The van der Waals surface area contributed by atoms with Gasteiger partial charge < -0.3 is 0 Å². The van der Waals surface area contributed by atoms with E-state index in [-0.39, 0.29) is 0 Å². The Morgan fingerprint density at radius 2 is 2.40 bits per heavy atom. The van der Waals surface area contributed by atoms with E-state index in [1.165, 1.54) is 0 Å². The minimum atomic E-state index is 0.475. The van der Waals surface area contributed by atoms with Crippen LogP contribution in [0.25, 0.3) is 11.0 Å². The van der Waals surface area contributed by atoms with Gasteiger partial charge in [0.15, 0.2) is 0 Å². The van der Waals surface area contributed by atoms with Crippen molar-refractivity contribution >= 4 is 37.3 Å². The SMILES string of the molecule is [SnH3][c]1cc2cnccc2o1. The van der Waals surface area contributed by atoms with Gasteiger partial charge >= 0.3 is 71.2 Å². The van der Waals surface area contributed by atoms with Gasteiger partial charge in [-0.25, -0.2) is 0 Å². The van der Waals surface area contributed by atoms with Crippen molar-refractivity contribution in [3.63, 3.8) is 0 Å². The molecule has 0 radical (unpaired) electrons. The summed E-state index contributed by atoms with van der Waals surface area (Å²) >= 11 is 0.475. The summed E-state index contributed by atoms with van der Waals surface area (Å²) < 4.78 is 6.56. The van der Waals surface area contributed by atoms with Crippen LogP contribution in [0.5, 0.6) is 0 Å². The van der Waals surface area contributed by atoms with Crippen LogP contribution in [0.15, 0.2) is 28.9 Å². The van der Waals surface area contributed by atoms with Crippen molar-refractivity contribution in [1.82, 2.24) is 4.98 Å². The molecule has 0 N–H and O–H groups in total. The fourth-order valence-corrected chi connectivity index (χ4v) is 2.53.